The van der Waals surface area contributed by atoms with Crippen molar-refractivity contribution in [3.63, 3.8) is 0 Å². The molecule has 1 aromatic heterocycles. The predicted molar refractivity (Wildman–Crippen MR) is 62.2 cm³/mol. The van der Waals surface area contributed by atoms with Crippen LogP contribution in [0.4, 0.5) is 5.82 Å². The van der Waals surface area contributed by atoms with Crippen LogP contribution in [0.1, 0.15) is 49.0 Å². The van der Waals surface area contributed by atoms with Crippen molar-refractivity contribution >= 4 is 11.7 Å². The minimum atomic E-state index is -0.135. The van der Waals surface area contributed by atoms with Crippen molar-refractivity contribution in [2.24, 2.45) is 0 Å². The van der Waals surface area contributed by atoms with E-state index in [0.29, 0.717) is 24.0 Å². The van der Waals surface area contributed by atoms with Crippen LogP contribution in [0, 0.1) is 0 Å². The molecular weight excluding hydrogens is 204 g/mol. The van der Waals surface area contributed by atoms with Crippen LogP contribution in [0.5, 0.6) is 0 Å². The monoisotopic (exact) mass is 222 g/mol. The highest BCUT2D eigenvalue weighted by molar-refractivity contribution is 5.98. The van der Waals surface area contributed by atoms with Crippen LogP contribution >= 0.6 is 0 Å². The van der Waals surface area contributed by atoms with E-state index in [1.54, 1.807) is 6.20 Å². The summed E-state index contributed by atoms with van der Waals surface area (Å²) >= 11 is 0. The summed E-state index contributed by atoms with van der Waals surface area (Å²) in [6, 6.07) is 0.422. The molecule has 1 heterocycles. The number of aromatic nitrogens is 2. The van der Waals surface area contributed by atoms with E-state index < -0.39 is 0 Å². The molecule has 1 fully saturated rings. The molecule has 1 aromatic rings. The van der Waals surface area contributed by atoms with E-state index in [-0.39, 0.29) is 5.91 Å². The topological polar surface area (TPSA) is 72.9 Å². The van der Waals surface area contributed by atoms with Crippen molar-refractivity contribution in [3.8, 4) is 0 Å². The Balaban J connectivity index is 2.17. The lowest BCUT2D eigenvalue weighted by molar-refractivity contribution is 0.0956. The van der Waals surface area contributed by atoms with Gasteiger partial charge in [-0.2, -0.15) is 5.10 Å². The van der Waals surface area contributed by atoms with Crippen LogP contribution in [-0.2, 0) is 0 Å². The van der Waals surface area contributed by atoms with Crippen LogP contribution in [-0.4, -0.2) is 22.2 Å². The summed E-state index contributed by atoms with van der Waals surface area (Å²) in [5.74, 6) is 0.196. The molecule has 0 radical (unpaired) electrons. The van der Waals surface area contributed by atoms with Crippen molar-refractivity contribution in [1.82, 2.24) is 15.1 Å². The quantitative estimate of drug-likeness (QED) is 0.810. The van der Waals surface area contributed by atoms with E-state index in [2.05, 4.69) is 10.4 Å². The van der Waals surface area contributed by atoms with Crippen LogP contribution in [0.15, 0.2) is 6.20 Å². The SMILES string of the molecule is CCNC(=O)c1cn(C2CCCC2)nc1N. The number of amides is 1. The molecule has 0 aromatic carbocycles. The molecule has 5 nitrogen and oxygen atoms in total. The molecule has 0 aliphatic heterocycles. The zero-order chi connectivity index (χ0) is 11.5. The summed E-state index contributed by atoms with van der Waals surface area (Å²) in [5.41, 5.74) is 6.24. The largest absolute Gasteiger partial charge is 0.382 e. The molecule has 3 N–H and O–H groups in total. The third-order valence-electron chi connectivity index (χ3n) is 3.04. The first kappa shape index (κ1) is 11.0. The molecule has 0 atom stereocenters. The maximum atomic E-state index is 11.6. The molecule has 0 unspecified atom stereocenters. The van der Waals surface area contributed by atoms with E-state index in [9.17, 15) is 4.79 Å². The zero-order valence-corrected chi connectivity index (χ0v) is 9.57. The Hall–Kier alpha value is -1.52. The van der Waals surface area contributed by atoms with Crippen molar-refractivity contribution in [2.45, 2.75) is 38.6 Å². The Morgan fingerprint density at radius 1 is 1.62 bits per heavy atom. The van der Waals surface area contributed by atoms with E-state index in [0.717, 1.165) is 12.8 Å². The number of carbonyl (C=O) groups excluding carboxylic acids is 1. The summed E-state index contributed by atoms with van der Waals surface area (Å²) in [4.78, 5) is 11.6. The number of hydrogen-bond donors (Lipinski definition) is 2. The molecule has 0 saturated heterocycles. The maximum absolute atomic E-state index is 11.6. The van der Waals surface area contributed by atoms with Gasteiger partial charge >= 0.3 is 0 Å². The Kier molecular flexibility index (Phi) is 3.12. The molecule has 1 amide bonds. The number of rotatable bonds is 3. The predicted octanol–water partition coefficient (Wildman–Crippen LogP) is 1.33. The van der Waals surface area contributed by atoms with Crippen molar-refractivity contribution in [3.05, 3.63) is 11.8 Å². The number of anilines is 1. The van der Waals surface area contributed by atoms with Gasteiger partial charge in [-0.1, -0.05) is 12.8 Å². The Bertz CT molecular complexity index is 379. The van der Waals surface area contributed by atoms with Crippen LogP contribution in [0.2, 0.25) is 0 Å². The summed E-state index contributed by atoms with van der Waals surface area (Å²) in [6.45, 7) is 2.49. The molecule has 1 aliphatic rings. The summed E-state index contributed by atoms with van der Waals surface area (Å²) in [5, 5.41) is 6.96. The molecular formula is C11H18N4O. The van der Waals surface area contributed by atoms with Gasteiger partial charge in [-0.15, -0.1) is 0 Å². The number of nitrogen functional groups attached to an aromatic ring is 1. The standard InChI is InChI=1S/C11H18N4O/c1-2-13-11(16)9-7-15(14-10(9)12)8-5-3-4-6-8/h7-8H,2-6H2,1H3,(H2,12,14)(H,13,16). The van der Waals surface area contributed by atoms with E-state index in [1.807, 2.05) is 11.6 Å². The van der Waals surface area contributed by atoms with Gasteiger partial charge in [0.1, 0.15) is 5.56 Å². The lowest BCUT2D eigenvalue weighted by Gasteiger charge is -2.08. The summed E-state index contributed by atoms with van der Waals surface area (Å²) in [7, 11) is 0. The van der Waals surface area contributed by atoms with E-state index >= 15 is 0 Å². The van der Waals surface area contributed by atoms with Gasteiger partial charge in [0.05, 0.1) is 6.04 Å². The van der Waals surface area contributed by atoms with Crippen LogP contribution in [0.3, 0.4) is 0 Å². The minimum absolute atomic E-state index is 0.135. The van der Waals surface area contributed by atoms with Gasteiger partial charge in [0.15, 0.2) is 5.82 Å². The van der Waals surface area contributed by atoms with Crippen molar-refractivity contribution in [2.75, 3.05) is 12.3 Å². The van der Waals surface area contributed by atoms with Gasteiger partial charge in [-0.05, 0) is 19.8 Å². The summed E-state index contributed by atoms with van der Waals surface area (Å²) in [6.07, 6.45) is 6.52. The van der Waals surface area contributed by atoms with Gasteiger partial charge in [0, 0.05) is 12.7 Å². The number of hydrogen-bond acceptors (Lipinski definition) is 3. The van der Waals surface area contributed by atoms with Gasteiger partial charge < -0.3 is 11.1 Å². The first-order chi connectivity index (χ1) is 7.72. The molecule has 1 saturated carbocycles. The van der Waals surface area contributed by atoms with Gasteiger partial charge in [0.2, 0.25) is 0 Å². The van der Waals surface area contributed by atoms with E-state index in [4.69, 9.17) is 5.73 Å². The second-order valence-corrected chi connectivity index (χ2v) is 4.21. The number of nitrogens with two attached hydrogens (primary N) is 1. The molecule has 16 heavy (non-hydrogen) atoms. The fourth-order valence-electron chi connectivity index (χ4n) is 2.19. The third-order valence-corrected chi connectivity index (χ3v) is 3.04. The smallest absolute Gasteiger partial charge is 0.256 e. The summed E-state index contributed by atoms with van der Waals surface area (Å²) < 4.78 is 1.85. The Morgan fingerprint density at radius 3 is 2.94 bits per heavy atom. The average Bonchev–Trinajstić information content (AvgIpc) is 2.86. The molecule has 5 heteroatoms. The minimum Gasteiger partial charge on any atom is -0.382 e. The first-order valence-electron chi connectivity index (χ1n) is 5.85. The normalized spacial score (nSPS) is 16.6. The maximum Gasteiger partial charge on any atom is 0.256 e. The molecule has 1 aliphatic carbocycles. The van der Waals surface area contributed by atoms with E-state index in [1.165, 1.54) is 12.8 Å². The second-order valence-electron chi connectivity index (χ2n) is 4.21. The first-order valence-corrected chi connectivity index (χ1v) is 5.85. The van der Waals surface area contributed by atoms with Gasteiger partial charge in [-0.3, -0.25) is 9.48 Å². The number of nitrogens with one attached hydrogen (secondary N) is 1. The average molecular weight is 222 g/mol. The molecule has 2 rings (SSSR count). The fraction of sp³-hybridized carbons (Fsp3) is 0.636. The zero-order valence-electron chi connectivity index (χ0n) is 9.57. The number of nitrogens with zero attached hydrogens (tertiary/aromatic N) is 2. The molecule has 0 spiro atoms. The van der Waals surface area contributed by atoms with Crippen LogP contribution < -0.4 is 11.1 Å². The van der Waals surface area contributed by atoms with Crippen molar-refractivity contribution < 1.29 is 4.79 Å². The Morgan fingerprint density at radius 2 is 2.31 bits per heavy atom. The van der Waals surface area contributed by atoms with Gasteiger partial charge in [-0.25, -0.2) is 0 Å². The fourth-order valence-corrected chi connectivity index (χ4v) is 2.19. The van der Waals surface area contributed by atoms with Crippen LogP contribution in [0.25, 0.3) is 0 Å². The van der Waals surface area contributed by atoms with Gasteiger partial charge in [0.25, 0.3) is 5.91 Å². The lowest BCUT2D eigenvalue weighted by Crippen LogP contribution is -2.23. The molecule has 0 bridgehead atoms. The third kappa shape index (κ3) is 2.03. The lowest BCUT2D eigenvalue weighted by atomic mass is 10.2. The highest BCUT2D eigenvalue weighted by Gasteiger charge is 2.21. The Labute approximate surface area is 95.0 Å². The molecule has 88 valence electrons. The van der Waals surface area contributed by atoms with Crippen molar-refractivity contribution in [1.29, 1.82) is 0 Å². The second kappa shape index (κ2) is 4.55. The highest BCUT2D eigenvalue weighted by Crippen LogP contribution is 2.29. The highest BCUT2D eigenvalue weighted by atomic mass is 16.1. The number of carbonyl (C=O) groups is 1.